The van der Waals surface area contributed by atoms with Crippen molar-refractivity contribution in [2.75, 3.05) is 26.2 Å². The molecule has 0 aromatic carbocycles. The van der Waals surface area contributed by atoms with E-state index in [0.29, 0.717) is 30.5 Å². The molecule has 0 spiro atoms. The van der Waals surface area contributed by atoms with E-state index in [1.807, 2.05) is 33.7 Å². The lowest BCUT2D eigenvalue weighted by molar-refractivity contribution is -0.138. The Morgan fingerprint density at radius 1 is 1.10 bits per heavy atom. The lowest BCUT2D eigenvalue weighted by atomic mass is 9.92. The van der Waals surface area contributed by atoms with E-state index >= 15 is 0 Å². The Balaban J connectivity index is 1.26. The maximum Gasteiger partial charge on any atom is 0.289 e. The van der Waals surface area contributed by atoms with Crippen LogP contribution in [0.4, 0.5) is 0 Å². The molecule has 162 valence electrons. The maximum absolute atomic E-state index is 12.8. The average Bonchev–Trinajstić information content (AvgIpc) is 3.41. The van der Waals surface area contributed by atoms with Gasteiger partial charge in [0.05, 0.1) is 5.75 Å². The number of hydrogen-bond acceptors (Lipinski definition) is 5. The molecule has 0 aliphatic carbocycles. The van der Waals surface area contributed by atoms with Crippen LogP contribution in [0.1, 0.15) is 48.9 Å². The van der Waals surface area contributed by atoms with Crippen LogP contribution in [0.2, 0.25) is 0 Å². The average molecular weight is 431 g/mol. The van der Waals surface area contributed by atoms with Gasteiger partial charge in [-0.25, -0.2) is 4.98 Å². The number of carbonyl (C=O) groups is 2. The van der Waals surface area contributed by atoms with Gasteiger partial charge in [-0.15, -0.1) is 0 Å². The molecule has 2 aromatic heterocycles. The van der Waals surface area contributed by atoms with Gasteiger partial charge in [0, 0.05) is 51.5 Å². The van der Waals surface area contributed by atoms with Gasteiger partial charge in [-0.1, -0.05) is 18.7 Å². The number of piperidine rings is 2. The molecule has 0 bridgehead atoms. The summed E-state index contributed by atoms with van der Waals surface area (Å²) < 4.78 is 7.75. The normalized spacial score (nSPS) is 18.7. The summed E-state index contributed by atoms with van der Waals surface area (Å²) >= 11 is 1.58. The topological polar surface area (TPSA) is 71.6 Å². The molecule has 8 heteroatoms. The van der Waals surface area contributed by atoms with Gasteiger partial charge in [0.15, 0.2) is 10.9 Å². The fourth-order valence-corrected chi connectivity index (χ4v) is 5.00. The number of imidazole rings is 1. The van der Waals surface area contributed by atoms with Crippen LogP contribution in [-0.4, -0.2) is 57.3 Å². The van der Waals surface area contributed by atoms with Crippen molar-refractivity contribution in [1.82, 2.24) is 19.4 Å². The monoisotopic (exact) mass is 430 g/mol. The van der Waals surface area contributed by atoms with Crippen molar-refractivity contribution in [3.63, 3.8) is 0 Å². The zero-order valence-electron chi connectivity index (χ0n) is 17.7. The van der Waals surface area contributed by atoms with E-state index in [1.54, 1.807) is 24.0 Å². The molecule has 0 radical (unpaired) electrons. The molecular formula is C22H30N4O3S. The third kappa shape index (κ3) is 4.74. The molecule has 7 nitrogen and oxygen atoms in total. The van der Waals surface area contributed by atoms with E-state index in [2.05, 4.69) is 11.9 Å². The van der Waals surface area contributed by atoms with Crippen LogP contribution < -0.4 is 0 Å². The quantitative estimate of drug-likeness (QED) is 0.680. The van der Waals surface area contributed by atoms with Gasteiger partial charge >= 0.3 is 0 Å². The summed E-state index contributed by atoms with van der Waals surface area (Å²) in [6.07, 6.45) is 7.34. The van der Waals surface area contributed by atoms with Crippen LogP contribution in [0, 0.1) is 11.8 Å². The number of carbonyl (C=O) groups excluding carboxylic acids is 2. The molecule has 2 saturated heterocycles. The standard InChI is InChI=1S/C22H30N4O3S/c1-16-5-10-25(11-6-16)20(27)17-7-12-26(13-8-17)21(28)19-4-3-18(29-19)15-30-22-23-9-14-24(22)2/h3-4,9,14,16-17H,5-8,10-13,15H2,1-2H3. The number of amides is 2. The van der Waals surface area contributed by atoms with Gasteiger partial charge in [-0.3, -0.25) is 9.59 Å². The zero-order chi connectivity index (χ0) is 21.1. The minimum atomic E-state index is -0.0825. The Kier molecular flexibility index (Phi) is 6.51. The minimum absolute atomic E-state index is 0.0452. The second kappa shape index (κ2) is 9.29. The SMILES string of the molecule is CC1CCN(C(=O)C2CCN(C(=O)c3ccc(CSc4nccn4C)o3)CC2)CC1. The van der Waals surface area contributed by atoms with Crippen molar-refractivity contribution < 1.29 is 14.0 Å². The molecule has 2 aliphatic rings. The third-order valence-electron chi connectivity index (χ3n) is 6.22. The van der Waals surface area contributed by atoms with Crippen molar-refractivity contribution in [2.45, 2.75) is 43.5 Å². The van der Waals surface area contributed by atoms with Crippen LogP contribution >= 0.6 is 11.8 Å². The van der Waals surface area contributed by atoms with Crippen LogP contribution in [-0.2, 0) is 17.6 Å². The lowest BCUT2D eigenvalue weighted by Crippen LogP contribution is -2.46. The van der Waals surface area contributed by atoms with Gasteiger partial charge in [-0.05, 0) is 43.7 Å². The van der Waals surface area contributed by atoms with Crippen molar-refractivity contribution in [3.8, 4) is 0 Å². The largest absolute Gasteiger partial charge is 0.455 e. The van der Waals surface area contributed by atoms with Crippen LogP contribution in [0.15, 0.2) is 34.1 Å². The Labute approximate surface area is 181 Å². The number of rotatable bonds is 5. The van der Waals surface area contributed by atoms with Gasteiger partial charge in [0.25, 0.3) is 5.91 Å². The fraction of sp³-hybridized carbons (Fsp3) is 0.591. The molecule has 30 heavy (non-hydrogen) atoms. The number of hydrogen-bond donors (Lipinski definition) is 0. The zero-order valence-corrected chi connectivity index (χ0v) is 18.6. The van der Waals surface area contributed by atoms with Crippen molar-refractivity contribution in [3.05, 3.63) is 36.0 Å². The lowest BCUT2D eigenvalue weighted by Gasteiger charge is -2.36. The molecule has 4 rings (SSSR count). The van der Waals surface area contributed by atoms with Crippen molar-refractivity contribution in [2.24, 2.45) is 18.9 Å². The predicted octanol–water partition coefficient (Wildman–Crippen LogP) is 3.42. The number of nitrogens with zero attached hydrogens (tertiary/aromatic N) is 4. The van der Waals surface area contributed by atoms with Crippen LogP contribution in [0.3, 0.4) is 0 Å². The molecule has 0 unspecified atom stereocenters. The number of aryl methyl sites for hydroxylation is 1. The molecule has 2 fully saturated rings. The Morgan fingerprint density at radius 3 is 2.47 bits per heavy atom. The Morgan fingerprint density at radius 2 is 1.80 bits per heavy atom. The number of aromatic nitrogens is 2. The number of thioether (sulfide) groups is 1. The molecule has 4 heterocycles. The fourth-order valence-electron chi connectivity index (χ4n) is 4.17. The van der Waals surface area contributed by atoms with Crippen LogP contribution in [0.5, 0.6) is 0 Å². The van der Waals surface area contributed by atoms with Gasteiger partial charge in [-0.2, -0.15) is 0 Å². The molecule has 2 amide bonds. The molecule has 0 atom stereocenters. The van der Waals surface area contributed by atoms with Gasteiger partial charge in [0.2, 0.25) is 5.91 Å². The number of likely N-dealkylation sites (tertiary alicyclic amines) is 2. The summed E-state index contributed by atoms with van der Waals surface area (Å²) in [4.78, 5) is 33.8. The smallest absolute Gasteiger partial charge is 0.289 e. The summed E-state index contributed by atoms with van der Waals surface area (Å²) in [5.74, 6) is 2.72. The highest BCUT2D eigenvalue weighted by Gasteiger charge is 2.32. The Hall–Kier alpha value is -2.22. The van der Waals surface area contributed by atoms with Crippen LogP contribution in [0.25, 0.3) is 0 Å². The van der Waals surface area contributed by atoms with Gasteiger partial charge < -0.3 is 18.8 Å². The highest BCUT2D eigenvalue weighted by molar-refractivity contribution is 7.98. The summed E-state index contributed by atoms with van der Waals surface area (Å²) in [5.41, 5.74) is 0. The minimum Gasteiger partial charge on any atom is -0.455 e. The first-order chi connectivity index (χ1) is 14.5. The summed E-state index contributed by atoms with van der Waals surface area (Å²) in [5, 5.41) is 0.911. The second-order valence-electron chi connectivity index (χ2n) is 8.45. The molecule has 0 saturated carbocycles. The first-order valence-corrected chi connectivity index (χ1v) is 11.8. The third-order valence-corrected chi connectivity index (χ3v) is 7.30. The van der Waals surface area contributed by atoms with E-state index in [0.717, 1.165) is 49.7 Å². The number of furan rings is 1. The van der Waals surface area contributed by atoms with E-state index in [1.165, 1.54) is 0 Å². The Bertz CT molecular complexity index is 877. The molecule has 0 N–H and O–H groups in total. The van der Waals surface area contributed by atoms with E-state index in [9.17, 15) is 9.59 Å². The maximum atomic E-state index is 12.8. The highest BCUT2D eigenvalue weighted by atomic mass is 32.2. The second-order valence-corrected chi connectivity index (χ2v) is 9.39. The van der Waals surface area contributed by atoms with E-state index in [-0.39, 0.29) is 17.7 Å². The molecule has 2 aliphatic heterocycles. The summed E-state index contributed by atoms with van der Waals surface area (Å²) in [6, 6.07) is 3.61. The van der Waals surface area contributed by atoms with Gasteiger partial charge in [0.1, 0.15) is 5.76 Å². The predicted molar refractivity (Wildman–Crippen MR) is 115 cm³/mol. The van der Waals surface area contributed by atoms with Crippen molar-refractivity contribution >= 4 is 23.6 Å². The summed E-state index contributed by atoms with van der Waals surface area (Å²) in [7, 11) is 1.95. The first kappa shape index (κ1) is 21.0. The first-order valence-electron chi connectivity index (χ1n) is 10.8. The highest BCUT2D eigenvalue weighted by Crippen LogP contribution is 2.26. The molecule has 2 aromatic rings. The molecular weight excluding hydrogens is 400 g/mol. The summed E-state index contributed by atoms with van der Waals surface area (Å²) in [6.45, 7) is 5.23. The van der Waals surface area contributed by atoms with E-state index in [4.69, 9.17) is 4.42 Å². The van der Waals surface area contributed by atoms with E-state index < -0.39 is 0 Å². The van der Waals surface area contributed by atoms with Crippen molar-refractivity contribution in [1.29, 1.82) is 0 Å².